The zero-order valence-electron chi connectivity index (χ0n) is 19.4. The van der Waals surface area contributed by atoms with E-state index in [1.54, 1.807) is 7.11 Å². The van der Waals surface area contributed by atoms with Crippen molar-refractivity contribution in [2.75, 3.05) is 30.4 Å². The van der Waals surface area contributed by atoms with Gasteiger partial charge >= 0.3 is 0 Å². The lowest BCUT2D eigenvalue weighted by Crippen LogP contribution is -2.44. The highest BCUT2D eigenvalue weighted by Crippen LogP contribution is 2.32. The number of rotatable bonds is 5. The molecule has 7 heteroatoms. The molecule has 1 aliphatic rings. The summed E-state index contributed by atoms with van der Waals surface area (Å²) in [6.45, 7) is 9.99. The lowest BCUT2D eigenvalue weighted by Gasteiger charge is -2.39. The third-order valence-electron chi connectivity index (χ3n) is 6.79. The topological polar surface area (TPSA) is 87.0 Å². The second-order valence-corrected chi connectivity index (χ2v) is 8.86. The number of aryl methyl sites for hydroxylation is 1. The van der Waals surface area contributed by atoms with Crippen LogP contribution in [0.3, 0.4) is 0 Å². The maximum atomic E-state index is 9.38. The van der Waals surface area contributed by atoms with Crippen molar-refractivity contribution >= 4 is 22.4 Å². The molecule has 0 amide bonds. The molecule has 32 heavy (non-hydrogen) atoms. The quantitative estimate of drug-likeness (QED) is 0.628. The van der Waals surface area contributed by atoms with Crippen molar-refractivity contribution in [1.29, 1.82) is 5.26 Å². The number of benzene rings is 1. The van der Waals surface area contributed by atoms with Gasteiger partial charge in [0.2, 0.25) is 0 Å². The first-order chi connectivity index (χ1) is 15.3. The van der Waals surface area contributed by atoms with E-state index < -0.39 is 0 Å². The monoisotopic (exact) mass is 430 g/mol. The first-order valence-corrected chi connectivity index (χ1v) is 11.0. The fourth-order valence-electron chi connectivity index (χ4n) is 4.38. The van der Waals surface area contributed by atoms with Gasteiger partial charge in [0.25, 0.3) is 0 Å². The fourth-order valence-corrected chi connectivity index (χ4v) is 4.38. The van der Waals surface area contributed by atoms with Gasteiger partial charge in [0.15, 0.2) is 5.82 Å². The second kappa shape index (κ2) is 8.71. The van der Waals surface area contributed by atoms with E-state index in [9.17, 15) is 5.26 Å². The Morgan fingerprint density at radius 1 is 1.19 bits per heavy atom. The smallest absolute Gasteiger partial charge is 0.157 e. The number of anilines is 2. The lowest BCUT2D eigenvalue weighted by atomic mass is 9.93. The van der Waals surface area contributed by atoms with Crippen LogP contribution in [0, 0.1) is 25.2 Å². The molecule has 1 fully saturated rings. The fraction of sp³-hybridized carbons (Fsp3) is 0.440. The molecule has 3 aromatic rings. The molecule has 0 unspecified atom stereocenters. The van der Waals surface area contributed by atoms with Crippen molar-refractivity contribution < 1.29 is 4.74 Å². The van der Waals surface area contributed by atoms with Gasteiger partial charge in [-0.25, -0.2) is 4.98 Å². The van der Waals surface area contributed by atoms with E-state index in [4.69, 9.17) is 9.72 Å². The number of methoxy groups -OCH3 is 1. The minimum absolute atomic E-state index is 0.0301. The summed E-state index contributed by atoms with van der Waals surface area (Å²) in [7, 11) is 1.79. The van der Waals surface area contributed by atoms with Gasteiger partial charge in [0.05, 0.1) is 29.0 Å². The van der Waals surface area contributed by atoms with Crippen molar-refractivity contribution in [2.45, 2.75) is 52.2 Å². The standard InChI is InChI=1S/C25H30N6O/c1-16-19(14-26)7-6-8-20(16)17(2)28-24-21-13-23(27-15-22(21)18(3)29-30-24)31-11-9-25(4,32-5)10-12-31/h6-8,13,15,17H,9-12H2,1-5H3,(H,28,30)/t17-/m1/s1. The normalized spacial score (nSPS) is 16.6. The summed E-state index contributed by atoms with van der Waals surface area (Å²) in [5.41, 5.74) is 3.54. The molecule has 1 aliphatic heterocycles. The molecule has 7 nitrogen and oxygen atoms in total. The van der Waals surface area contributed by atoms with Gasteiger partial charge in [-0.1, -0.05) is 12.1 Å². The Bertz CT molecular complexity index is 1180. The number of nitrogens with zero attached hydrogens (tertiary/aromatic N) is 5. The van der Waals surface area contributed by atoms with Crippen LogP contribution in [0.15, 0.2) is 30.5 Å². The Balaban J connectivity index is 1.66. The predicted octanol–water partition coefficient (Wildman–Crippen LogP) is 4.69. The van der Waals surface area contributed by atoms with Gasteiger partial charge in [0.1, 0.15) is 5.82 Å². The molecule has 166 valence electrons. The zero-order chi connectivity index (χ0) is 22.9. The number of nitriles is 1. The Labute approximate surface area is 189 Å². The van der Waals surface area contributed by atoms with E-state index in [0.29, 0.717) is 5.56 Å². The summed E-state index contributed by atoms with van der Waals surface area (Å²) in [5.74, 6) is 1.67. The van der Waals surface area contributed by atoms with E-state index in [2.05, 4.69) is 46.4 Å². The minimum atomic E-state index is -0.0621. The molecule has 1 saturated heterocycles. The molecule has 0 aliphatic carbocycles. The summed E-state index contributed by atoms with van der Waals surface area (Å²) in [5, 5.41) is 23.7. The van der Waals surface area contributed by atoms with E-state index in [1.807, 2.05) is 38.2 Å². The summed E-state index contributed by atoms with van der Waals surface area (Å²) in [6.07, 6.45) is 3.83. The second-order valence-electron chi connectivity index (χ2n) is 8.86. The van der Waals surface area contributed by atoms with Gasteiger partial charge in [0, 0.05) is 37.2 Å². The first kappa shape index (κ1) is 22.0. The van der Waals surface area contributed by atoms with Crippen molar-refractivity contribution in [2.24, 2.45) is 0 Å². The van der Waals surface area contributed by atoms with Crippen LogP contribution in [0.2, 0.25) is 0 Å². The van der Waals surface area contributed by atoms with E-state index >= 15 is 0 Å². The zero-order valence-corrected chi connectivity index (χ0v) is 19.4. The van der Waals surface area contributed by atoms with Gasteiger partial charge < -0.3 is 15.0 Å². The van der Waals surface area contributed by atoms with Gasteiger partial charge in [-0.3, -0.25) is 0 Å². The summed E-state index contributed by atoms with van der Waals surface area (Å²) < 4.78 is 5.68. The molecule has 0 radical (unpaired) electrons. The molecule has 4 rings (SSSR count). The van der Waals surface area contributed by atoms with Crippen LogP contribution < -0.4 is 10.2 Å². The van der Waals surface area contributed by atoms with Crippen LogP contribution in [-0.2, 0) is 4.74 Å². The SMILES string of the molecule is COC1(C)CCN(c2cc3c(N[C@H](C)c4cccc(C#N)c4C)nnc(C)c3cn2)CC1. The number of hydrogen-bond donors (Lipinski definition) is 1. The molecule has 0 spiro atoms. The van der Waals surface area contributed by atoms with Crippen LogP contribution in [-0.4, -0.2) is 41.0 Å². The minimum Gasteiger partial charge on any atom is -0.378 e. The summed E-state index contributed by atoms with van der Waals surface area (Å²) in [6, 6.07) is 10.2. The number of aromatic nitrogens is 3. The van der Waals surface area contributed by atoms with Crippen LogP contribution in [0.1, 0.15) is 55.1 Å². The predicted molar refractivity (Wildman–Crippen MR) is 127 cm³/mol. The average Bonchev–Trinajstić information content (AvgIpc) is 2.81. The Morgan fingerprint density at radius 2 is 1.94 bits per heavy atom. The third kappa shape index (κ3) is 4.11. The largest absolute Gasteiger partial charge is 0.378 e. The molecule has 3 heterocycles. The van der Waals surface area contributed by atoms with Crippen LogP contribution in [0.5, 0.6) is 0 Å². The summed E-state index contributed by atoms with van der Waals surface area (Å²) in [4.78, 5) is 7.04. The van der Waals surface area contributed by atoms with Crippen molar-refractivity contribution in [3.8, 4) is 6.07 Å². The van der Waals surface area contributed by atoms with E-state index in [-0.39, 0.29) is 11.6 Å². The lowest BCUT2D eigenvalue weighted by molar-refractivity contribution is -0.0133. The Kier molecular flexibility index (Phi) is 5.98. The first-order valence-electron chi connectivity index (χ1n) is 11.0. The highest BCUT2D eigenvalue weighted by atomic mass is 16.5. The Hall–Kier alpha value is -3.24. The van der Waals surface area contributed by atoms with Crippen LogP contribution in [0.25, 0.3) is 10.8 Å². The maximum absolute atomic E-state index is 9.38. The van der Waals surface area contributed by atoms with Crippen LogP contribution >= 0.6 is 0 Å². The molecule has 1 aromatic carbocycles. The highest BCUT2D eigenvalue weighted by molar-refractivity contribution is 5.94. The number of hydrogen-bond acceptors (Lipinski definition) is 7. The molecule has 0 saturated carbocycles. The average molecular weight is 431 g/mol. The van der Waals surface area contributed by atoms with Gasteiger partial charge in [-0.15, -0.1) is 5.10 Å². The number of pyridine rings is 1. The molecule has 2 aromatic heterocycles. The molecule has 1 N–H and O–H groups in total. The molecular weight excluding hydrogens is 400 g/mol. The molecule has 0 bridgehead atoms. The number of fused-ring (bicyclic) bond motifs is 1. The Morgan fingerprint density at radius 3 is 2.62 bits per heavy atom. The van der Waals surface area contributed by atoms with E-state index in [1.165, 1.54) is 0 Å². The third-order valence-corrected chi connectivity index (χ3v) is 6.79. The number of piperidine rings is 1. The molecule has 1 atom stereocenters. The highest BCUT2D eigenvalue weighted by Gasteiger charge is 2.30. The van der Waals surface area contributed by atoms with Gasteiger partial charge in [-0.05, 0) is 63.8 Å². The van der Waals surface area contributed by atoms with Crippen molar-refractivity contribution in [3.63, 3.8) is 0 Å². The molecular formula is C25H30N6O. The van der Waals surface area contributed by atoms with Crippen molar-refractivity contribution in [1.82, 2.24) is 15.2 Å². The number of ether oxygens (including phenoxy) is 1. The van der Waals surface area contributed by atoms with Crippen LogP contribution in [0.4, 0.5) is 11.6 Å². The van der Waals surface area contributed by atoms with Crippen molar-refractivity contribution in [3.05, 3.63) is 52.8 Å². The number of nitrogens with one attached hydrogen (secondary N) is 1. The van der Waals surface area contributed by atoms with E-state index in [0.717, 1.165) is 65.2 Å². The van der Waals surface area contributed by atoms with Gasteiger partial charge in [-0.2, -0.15) is 10.4 Å². The summed E-state index contributed by atoms with van der Waals surface area (Å²) >= 11 is 0. The maximum Gasteiger partial charge on any atom is 0.157 e.